The summed E-state index contributed by atoms with van der Waals surface area (Å²) >= 11 is 0. The van der Waals surface area contributed by atoms with Gasteiger partial charge in [-0.25, -0.2) is 0 Å². The van der Waals surface area contributed by atoms with E-state index in [1.165, 1.54) is 44.9 Å². The van der Waals surface area contributed by atoms with Gasteiger partial charge in [-0.15, -0.1) is 0 Å². The monoisotopic (exact) mass is 240 g/mol. The smallest absolute Gasteiger partial charge is 0.0469 e. The summed E-state index contributed by atoms with van der Waals surface area (Å²) in [6.45, 7) is 2.66. The summed E-state index contributed by atoms with van der Waals surface area (Å²) in [7, 11) is 2.29. The lowest BCUT2D eigenvalue weighted by Gasteiger charge is -2.41. The number of hydrogen-bond donors (Lipinski definition) is 1. The third-order valence-corrected chi connectivity index (χ3v) is 4.73. The lowest BCUT2D eigenvalue weighted by molar-refractivity contribution is 0.0186. The fraction of sp³-hybridized carbons (Fsp3) is 1.00. The minimum atomic E-state index is 0.571. The molecule has 0 radical (unpaired) electrons. The summed E-state index contributed by atoms with van der Waals surface area (Å²) in [4.78, 5) is 2.59. The zero-order valence-electron chi connectivity index (χ0n) is 11.2. The predicted molar refractivity (Wildman–Crippen MR) is 71.0 cm³/mol. The molecule has 0 spiro atoms. The highest BCUT2D eigenvalue weighted by Crippen LogP contribution is 2.28. The minimum Gasteiger partial charge on any atom is -0.381 e. The Morgan fingerprint density at radius 3 is 2.35 bits per heavy atom. The van der Waals surface area contributed by atoms with Crippen LogP contribution in [0.2, 0.25) is 0 Å². The summed E-state index contributed by atoms with van der Waals surface area (Å²) in [6.07, 6.45) is 9.36. The van der Waals surface area contributed by atoms with Crippen molar-refractivity contribution in [3.8, 4) is 0 Å². The van der Waals surface area contributed by atoms with Crippen LogP contribution in [0.4, 0.5) is 0 Å². The molecule has 1 unspecified atom stereocenters. The van der Waals surface area contributed by atoms with E-state index in [0.717, 1.165) is 31.7 Å². The zero-order valence-corrected chi connectivity index (χ0v) is 11.2. The third-order valence-electron chi connectivity index (χ3n) is 4.73. The van der Waals surface area contributed by atoms with Crippen LogP contribution in [0.25, 0.3) is 0 Å². The van der Waals surface area contributed by atoms with Crippen LogP contribution in [0.15, 0.2) is 0 Å². The van der Waals surface area contributed by atoms with Gasteiger partial charge in [0.25, 0.3) is 0 Å². The highest BCUT2D eigenvalue weighted by atomic mass is 16.5. The Kier molecular flexibility index (Phi) is 5.26. The molecule has 0 aromatic carbocycles. The van der Waals surface area contributed by atoms with Crippen LogP contribution >= 0.6 is 0 Å². The Morgan fingerprint density at radius 1 is 1.12 bits per heavy atom. The maximum absolute atomic E-state index is 6.03. The summed E-state index contributed by atoms with van der Waals surface area (Å²) in [5.41, 5.74) is 6.03. The van der Waals surface area contributed by atoms with Crippen LogP contribution in [0.5, 0.6) is 0 Å². The second-order valence-electron chi connectivity index (χ2n) is 5.71. The van der Waals surface area contributed by atoms with Gasteiger partial charge in [0.1, 0.15) is 0 Å². The number of likely N-dealkylation sites (N-methyl/N-ethyl adjacent to an activating group) is 1. The quantitative estimate of drug-likeness (QED) is 0.817. The van der Waals surface area contributed by atoms with Crippen LogP contribution < -0.4 is 5.73 Å². The molecule has 0 aromatic rings. The van der Waals surface area contributed by atoms with Gasteiger partial charge in [-0.05, 0) is 38.6 Å². The van der Waals surface area contributed by atoms with E-state index in [1.54, 1.807) is 0 Å². The molecule has 100 valence electrons. The molecule has 1 saturated heterocycles. The average molecular weight is 240 g/mol. The minimum absolute atomic E-state index is 0.571. The molecule has 2 N–H and O–H groups in total. The number of ether oxygens (including phenoxy) is 1. The molecular weight excluding hydrogens is 212 g/mol. The summed E-state index contributed by atoms with van der Waals surface area (Å²) in [5, 5.41) is 0. The first-order chi connectivity index (χ1) is 8.33. The molecule has 1 saturated carbocycles. The average Bonchev–Trinajstić information content (AvgIpc) is 2.42. The second-order valence-corrected chi connectivity index (χ2v) is 5.71. The van der Waals surface area contributed by atoms with Crippen molar-refractivity contribution in [1.29, 1.82) is 0 Å². The first kappa shape index (κ1) is 13.3. The van der Waals surface area contributed by atoms with Crippen LogP contribution in [0, 0.1) is 5.92 Å². The number of hydrogen-bond acceptors (Lipinski definition) is 3. The molecule has 17 heavy (non-hydrogen) atoms. The van der Waals surface area contributed by atoms with Crippen molar-refractivity contribution >= 4 is 0 Å². The molecule has 1 heterocycles. The first-order valence-electron chi connectivity index (χ1n) is 7.32. The van der Waals surface area contributed by atoms with E-state index in [2.05, 4.69) is 11.9 Å². The summed E-state index contributed by atoms with van der Waals surface area (Å²) in [5.74, 6) is 0.751. The van der Waals surface area contributed by atoms with Crippen LogP contribution in [-0.2, 0) is 4.74 Å². The maximum atomic E-state index is 6.03. The number of nitrogens with two attached hydrogens (primary N) is 1. The van der Waals surface area contributed by atoms with Crippen molar-refractivity contribution in [2.75, 3.05) is 26.8 Å². The first-order valence-corrected chi connectivity index (χ1v) is 7.32. The molecule has 2 rings (SSSR count). The summed E-state index contributed by atoms with van der Waals surface area (Å²) < 4.78 is 5.46. The van der Waals surface area contributed by atoms with Gasteiger partial charge in [-0.2, -0.15) is 0 Å². The van der Waals surface area contributed by atoms with Crippen molar-refractivity contribution in [1.82, 2.24) is 4.90 Å². The maximum Gasteiger partial charge on any atom is 0.0469 e. The standard InChI is InChI=1S/C14H28N2O/c1-16(13-5-3-2-4-6-13)14(11-15)12-7-9-17-10-8-12/h12-14H,2-11,15H2,1H3. The van der Waals surface area contributed by atoms with E-state index in [9.17, 15) is 0 Å². The Hall–Kier alpha value is -0.120. The van der Waals surface area contributed by atoms with Crippen molar-refractivity contribution in [3.05, 3.63) is 0 Å². The number of nitrogens with zero attached hydrogens (tertiary/aromatic N) is 1. The van der Waals surface area contributed by atoms with Gasteiger partial charge < -0.3 is 10.5 Å². The van der Waals surface area contributed by atoms with E-state index in [-0.39, 0.29) is 0 Å². The lowest BCUT2D eigenvalue weighted by Crippen LogP contribution is -2.50. The van der Waals surface area contributed by atoms with Crippen molar-refractivity contribution in [2.24, 2.45) is 11.7 Å². The molecule has 1 aliphatic carbocycles. The highest BCUT2D eigenvalue weighted by Gasteiger charge is 2.30. The van der Waals surface area contributed by atoms with Gasteiger partial charge in [0.05, 0.1) is 0 Å². The van der Waals surface area contributed by atoms with E-state index in [0.29, 0.717) is 6.04 Å². The Bertz CT molecular complexity index is 210. The van der Waals surface area contributed by atoms with Gasteiger partial charge in [-0.3, -0.25) is 4.90 Å². The summed E-state index contributed by atoms with van der Waals surface area (Å²) in [6, 6.07) is 1.35. The van der Waals surface area contributed by atoms with Crippen molar-refractivity contribution in [2.45, 2.75) is 57.0 Å². The molecule has 0 amide bonds. The Balaban J connectivity index is 1.90. The van der Waals surface area contributed by atoms with Crippen molar-refractivity contribution in [3.63, 3.8) is 0 Å². The highest BCUT2D eigenvalue weighted by molar-refractivity contribution is 4.85. The van der Waals surface area contributed by atoms with Crippen LogP contribution in [0.3, 0.4) is 0 Å². The normalized spacial score (nSPS) is 26.3. The molecule has 3 heteroatoms. The molecule has 1 aliphatic heterocycles. The van der Waals surface area contributed by atoms with Gasteiger partial charge in [0.15, 0.2) is 0 Å². The molecular formula is C14H28N2O. The molecule has 2 aliphatic rings. The Morgan fingerprint density at radius 2 is 1.76 bits per heavy atom. The van der Waals surface area contributed by atoms with E-state index in [1.807, 2.05) is 0 Å². The van der Waals surface area contributed by atoms with E-state index in [4.69, 9.17) is 10.5 Å². The zero-order chi connectivity index (χ0) is 12.1. The molecule has 0 bridgehead atoms. The molecule has 0 aromatic heterocycles. The van der Waals surface area contributed by atoms with Crippen molar-refractivity contribution < 1.29 is 4.74 Å². The van der Waals surface area contributed by atoms with Gasteiger partial charge in [-0.1, -0.05) is 19.3 Å². The SMILES string of the molecule is CN(C1CCCCC1)C(CN)C1CCOCC1. The van der Waals surface area contributed by atoms with Crippen LogP contribution in [0.1, 0.15) is 44.9 Å². The predicted octanol–water partition coefficient (Wildman–Crippen LogP) is 2.00. The fourth-order valence-electron chi connectivity index (χ4n) is 3.55. The Labute approximate surface area is 106 Å². The van der Waals surface area contributed by atoms with Gasteiger partial charge in [0, 0.05) is 31.8 Å². The molecule has 2 fully saturated rings. The topological polar surface area (TPSA) is 38.5 Å². The fourth-order valence-corrected chi connectivity index (χ4v) is 3.55. The number of rotatable bonds is 4. The van der Waals surface area contributed by atoms with E-state index >= 15 is 0 Å². The lowest BCUT2D eigenvalue weighted by atomic mass is 9.87. The second kappa shape index (κ2) is 6.72. The molecule has 1 atom stereocenters. The third kappa shape index (κ3) is 3.43. The largest absolute Gasteiger partial charge is 0.381 e. The van der Waals surface area contributed by atoms with Gasteiger partial charge >= 0.3 is 0 Å². The van der Waals surface area contributed by atoms with E-state index < -0.39 is 0 Å². The van der Waals surface area contributed by atoms with Crippen LogP contribution in [-0.4, -0.2) is 43.8 Å². The van der Waals surface area contributed by atoms with Gasteiger partial charge in [0.2, 0.25) is 0 Å². The molecule has 3 nitrogen and oxygen atoms in total.